The van der Waals surface area contributed by atoms with Crippen LogP contribution in [0.15, 0.2) is 42.5 Å². The van der Waals surface area contributed by atoms with Gasteiger partial charge in [0.25, 0.3) is 0 Å². The highest BCUT2D eigenvalue weighted by Crippen LogP contribution is 2.15. The first-order chi connectivity index (χ1) is 6.40. The summed E-state index contributed by atoms with van der Waals surface area (Å²) >= 11 is 0. The Kier molecular flexibility index (Phi) is 2.25. The fourth-order valence-corrected chi connectivity index (χ4v) is 1.41. The van der Waals surface area contributed by atoms with Gasteiger partial charge in [0, 0.05) is 0 Å². The second-order valence-corrected chi connectivity index (χ2v) is 2.97. The zero-order valence-corrected chi connectivity index (χ0v) is 7.16. The molecule has 0 saturated carbocycles. The molecule has 0 heterocycles. The molecule has 13 heavy (non-hydrogen) atoms. The molecule has 0 spiro atoms. The highest BCUT2D eigenvalue weighted by molar-refractivity contribution is 5.82. The maximum Gasteiger partial charge on any atom is 0.0950 e. The predicted octanol–water partition coefficient (Wildman–Crippen LogP) is 2.55. The van der Waals surface area contributed by atoms with Crippen molar-refractivity contribution in [3.63, 3.8) is 0 Å². The summed E-state index contributed by atoms with van der Waals surface area (Å²) in [6.45, 7) is 0.352. The molecule has 0 atom stereocenters. The van der Waals surface area contributed by atoms with Crippen molar-refractivity contribution >= 4 is 10.8 Å². The van der Waals surface area contributed by atoms with E-state index in [9.17, 15) is 0 Å². The first kappa shape index (κ1) is 8.23. The summed E-state index contributed by atoms with van der Waals surface area (Å²) in [5.41, 5.74) is 1.04. The van der Waals surface area contributed by atoms with Crippen molar-refractivity contribution in [2.45, 2.75) is 6.61 Å². The summed E-state index contributed by atoms with van der Waals surface area (Å²) in [5, 5.41) is 2.41. The van der Waals surface area contributed by atoms with Gasteiger partial charge < -0.3 is 0 Å². The Morgan fingerprint density at radius 2 is 1.77 bits per heavy atom. The molecule has 0 aromatic heterocycles. The lowest BCUT2D eigenvalue weighted by atomic mass is 10.1. The standard InChI is InChI=1S/C11H10NO/c12-13-8-9-5-6-10-3-1-2-4-11(10)7-9/h1-7,12H,8H2. The third kappa shape index (κ3) is 1.69. The number of hydrogen-bond acceptors (Lipinski definition) is 1. The van der Waals surface area contributed by atoms with E-state index in [2.05, 4.69) is 17.0 Å². The third-order valence-corrected chi connectivity index (χ3v) is 2.05. The van der Waals surface area contributed by atoms with Crippen molar-refractivity contribution in [2.75, 3.05) is 0 Å². The number of rotatable bonds is 2. The number of benzene rings is 2. The van der Waals surface area contributed by atoms with E-state index in [1.807, 2.05) is 30.3 Å². The van der Waals surface area contributed by atoms with Crippen LogP contribution in [-0.4, -0.2) is 0 Å². The van der Waals surface area contributed by atoms with E-state index in [0.717, 1.165) is 5.56 Å². The van der Waals surface area contributed by atoms with Gasteiger partial charge in [-0.05, 0) is 22.4 Å². The molecule has 2 aromatic carbocycles. The lowest BCUT2D eigenvalue weighted by Gasteiger charge is -2.00. The molecule has 2 rings (SSSR count). The normalized spacial score (nSPS) is 10.5. The average molecular weight is 172 g/mol. The van der Waals surface area contributed by atoms with Crippen molar-refractivity contribution in [3.05, 3.63) is 48.0 Å². The molecule has 65 valence electrons. The second-order valence-electron chi connectivity index (χ2n) is 2.97. The first-order valence-electron chi connectivity index (χ1n) is 4.16. The van der Waals surface area contributed by atoms with Crippen molar-refractivity contribution in [2.24, 2.45) is 0 Å². The smallest absolute Gasteiger partial charge is 0.0950 e. The van der Waals surface area contributed by atoms with E-state index in [1.54, 1.807) is 0 Å². The van der Waals surface area contributed by atoms with E-state index < -0.39 is 0 Å². The van der Waals surface area contributed by atoms with Crippen LogP contribution in [0.5, 0.6) is 0 Å². The Morgan fingerprint density at radius 1 is 1.00 bits per heavy atom. The number of hydrogen-bond donors (Lipinski definition) is 0. The average Bonchev–Trinajstić information content (AvgIpc) is 2.18. The minimum absolute atomic E-state index is 0.352. The van der Waals surface area contributed by atoms with E-state index in [-0.39, 0.29) is 0 Å². The summed E-state index contributed by atoms with van der Waals surface area (Å²) in [6.07, 6.45) is 0. The van der Waals surface area contributed by atoms with Crippen LogP contribution in [0.4, 0.5) is 0 Å². The van der Waals surface area contributed by atoms with Crippen LogP contribution in [-0.2, 0) is 11.4 Å². The van der Waals surface area contributed by atoms with Crippen LogP contribution in [0.3, 0.4) is 0 Å². The third-order valence-electron chi connectivity index (χ3n) is 2.05. The molecule has 1 radical (unpaired) electrons. The number of nitrogens with one attached hydrogen (secondary N) is 1. The van der Waals surface area contributed by atoms with Gasteiger partial charge in [0.1, 0.15) is 0 Å². The first-order valence-corrected chi connectivity index (χ1v) is 4.16. The summed E-state index contributed by atoms with van der Waals surface area (Å²) in [6, 6.07) is 14.2. The highest BCUT2D eigenvalue weighted by atomic mass is 16.6. The molecule has 2 nitrogen and oxygen atoms in total. The van der Waals surface area contributed by atoms with Gasteiger partial charge in [0.05, 0.1) is 6.61 Å². The molecule has 0 unspecified atom stereocenters. The van der Waals surface area contributed by atoms with Gasteiger partial charge in [0.2, 0.25) is 0 Å². The molecule has 2 aromatic rings. The zero-order chi connectivity index (χ0) is 9.10. The van der Waals surface area contributed by atoms with Crippen molar-refractivity contribution in [1.29, 1.82) is 0 Å². The minimum Gasteiger partial charge on any atom is -0.280 e. The molecule has 0 aliphatic heterocycles. The Balaban J connectivity index is 2.49. The zero-order valence-electron chi connectivity index (χ0n) is 7.16. The molecule has 0 fully saturated rings. The summed E-state index contributed by atoms with van der Waals surface area (Å²) in [5.74, 6) is 6.65. The van der Waals surface area contributed by atoms with E-state index in [4.69, 9.17) is 5.90 Å². The molecule has 0 aliphatic carbocycles. The van der Waals surface area contributed by atoms with Crippen molar-refractivity contribution < 1.29 is 4.84 Å². The van der Waals surface area contributed by atoms with Crippen LogP contribution in [0.1, 0.15) is 5.56 Å². The van der Waals surface area contributed by atoms with E-state index >= 15 is 0 Å². The van der Waals surface area contributed by atoms with Crippen molar-refractivity contribution in [1.82, 2.24) is 5.90 Å². The van der Waals surface area contributed by atoms with Crippen LogP contribution in [0.2, 0.25) is 0 Å². The Hall–Kier alpha value is -1.38. The SMILES string of the molecule is [NH]OCc1ccc2ccccc2c1. The van der Waals surface area contributed by atoms with Gasteiger partial charge in [-0.15, -0.1) is 5.90 Å². The molecule has 0 bridgehead atoms. The minimum atomic E-state index is 0.352. The second kappa shape index (κ2) is 3.56. The van der Waals surface area contributed by atoms with Crippen LogP contribution >= 0.6 is 0 Å². The summed E-state index contributed by atoms with van der Waals surface area (Å²) in [4.78, 5) is 4.33. The fourth-order valence-electron chi connectivity index (χ4n) is 1.41. The molecular formula is C11H10NO. The Bertz CT molecular complexity index is 412. The Morgan fingerprint density at radius 3 is 2.54 bits per heavy atom. The number of fused-ring (bicyclic) bond motifs is 1. The van der Waals surface area contributed by atoms with Gasteiger partial charge in [-0.2, -0.15) is 0 Å². The van der Waals surface area contributed by atoms with Crippen molar-refractivity contribution in [3.8, 4) is 0 Å². The van der Waals surface area contributed by atoms with Gasteiger partial charge in [-0.1, -0.05) is 36.4 Å². The van der Waals surface area contributed by atoms with Gasteiger partial charge in [0.15, 0.2) is 0 Å². The largest absolute Gasteiger partial charge is 0.280 e. The molecule has 2 heteroatoms. The maximum absolute atomic E-state index is 6.65. The summed E-state index contributed by atoms with van der Waals surface area (Å²) in [7, 11) is 0. The molecular weight excluding hydrogens is 162 g/mol. The quantitative estimate of drug-likeness (QED) is 0.641. The highest BCUT2D eigenvalue weighted by Gasteiger charge is 1.94. The van der Waals surface area contributed by atoms with Gasteiger partial charge >= 0.3 is 0 Å². The van der Waals surface area contributed by atoms with Crippen LogP contribution in [0.25, 0.3) is 10.8 Å². The molecule has 0 aliphatic rings. The predicted molar refractivity (Wildman–Crippen MR) is 51.8 cm³/mol. The lowest BCUT2D eigenvalue weighted by Crippen LogP contribution is -1.88. The molecule has 0 saturated heterocycles. The monoisotopic (exact) mass is 172 g/mol. The van der Waals surface area contributed by atoms with Crippen LogP contribution < -0.4 is 5.90 Å². The molecule has 0 amide bonds. The van der Waals surface area contributed by atoms with Gasteiger partial charge in [-0.3, -0.25) is 4.84 Å². The lowest BCUT2D eigenvalue weighted by molar-refractivity contribution is 0.104. The van der Waals surface area contributed by atoms with E-state index in [0.29, 0.717) is 6.61 Å². The fraction of sp³-hybridized carbons (Fsp3) is 0.0909. The Labute approximate surface area is 76.9 Å². The molecule has 1 N–H and O–H groups in total. The van der Waals surface area contributed by atoms with Gasteiger partial charge in [-0.25, -0.2) is 0 Å². The topological polar surface area (TPSA) is 33.0 Å². The summed E-state index contributed by atoms with van der Waals surface area (Å²) < 4.78 is 0. The maximum atomic E-state index is 6.65. The van der Waals surface area contributed by atoms with E-state index in [1.165, 1.54) is 10.8 Å². The van der Waals surface area contributed by atoms with Crippen LogP contribution in [0, 0.1) is 0 Å².